The maximum absolute atomic E-state index is 3.49. The van der Waals surface area contributed by atoms with Crippen molar-refractivity contribution in [2.24, 2.45) is 0 Å². The van der Waals surface area contributed by atoms with Crippen LogP contribution in [0.5, 0.6) is 0 Å². The Morgan fingerprint density at radius 2 is 1.87 bits per heavy atom. The third-order valence-corrected chi connectivity index (χ3v) is 4.42. The summed E-state index contributed by atoms with van der Waals surface area (Å²) in [6, 6.07) is 1.41. The fraction of sp³-hybridized carbons (Fsp3) is 1.00. The molecule has 0 saturated heterocycles. The van der Waals surface area contributed by atoms with Crippen LogP contribution in [0.25, 0.3) is 0 Å². The average Bonchev–Trinajstić information content (AvgIpc) is 2.28. The summed E-state index contributed by atoms with van der Waals surface area (Å²) in [6.45, 7) is 7.00. The van der Waals surface area contributed by atoms with Gasteiger partial charge >= 0.3 is 0 Å². The minimum atomic E-state index is 0.330. The molecule has 15 heavy (non-hydrogen) atoms. The molecule has 1 fully saturated rings. The molecule has 1 aliphatic rings. The minimum absolute atomic E-state index is 0.330. The van der Waals surface area contributed by atoms with E-state index in [4.69, 9.17) is 0 Å². The van der Waals surface area contributed by atoms with Gasteiger partial charge in [0.1, 0.15) is 0 Å². The van der Waals surface area contributed by atoms with Crippen molar-refractivity contribution >= 4 is 0 Å². The number of nitrogens with one attached hydrogen (secondary N) is 1. The van der Waals surface area contributed by atoms with Gasteiger partial charge in [-0.3, -0.25) is 4.90 Å². The number of hydrogen-bond donors (Lipinski definition) is 1. The van der Waals surface area contributed by atoms with E-state index in [0.717, 1.165) is 6.04 Å². The van der Waals surface area contributed by atoms with E-state index < -0.39 is 0 Å². The second-order valence-electron chi connectivity index (χ2n) is 5.52. The lowest BCUT2D eigenvalue weighted by molar-refractivity contribution is 0.0559. The number of likely N-dealkylation sites (N-methyl/N-ethyl adjacent to an activating group) is 2. The van der Waals surface area contributed by atoms with E-state index in [9.17, 15) is 0 Å². The SMILES string of the molecule is CCC(C)(C)N(C)C1CCCCC1NC. The third-order valence-electron chi connectivity index (χ3n) is 4.42. The van der Waals surface area contributed by atoms with E-state index >= 15 is 0 Å². The molecular weight excluding hydrogens is 184 g/mol. The maximum Gasteiger partial charge on any atom is 0.0251 e. The van der Waals surface area contributed by atoms with Gasteiger partial charge in [0, 0.05) is 17.6 Å². The third kappa shape index (κ3) is 2.94. The van der Waals surface area contributed by atoms with Crippen molar-refractivity contribution in [3.63, 3.8) is 0 Å². The van der Waals surface area contributed by atoms with Crippen LogP contribution in [-0.2, 0) is 0 Å². The van der Waals surface area contributed by atoms with Gasteiger partial charge in [0.25, 0.3) is 0 Å². The zero-order chi connectivity index (χ0) is 11.5. The van der Waals surface area contributed by atoms with Crippen molar-refractivity contribution in [3.05, 3.63) is 0 Å². The molecule has 2 nitrogen and oxygen atoms in total. The zero-order valence-electron chi connectivity index (χ0n) is 11.1. The second-order valence-corrected chi connectivity index (χ2v) is 5.52. The molecule has 1 rings (SSSR count). The first-order chi connectivity index (χ1) is 7.03. The van der Waals surface area contributed by atoms with E-state index in [1.807, 2.05) is 0 Å². The highest BCUT2D eigenvalue weighted by Crippen LogP contribution is 2.28. The zero-order valence-corrected chi connectivity index (χ0v) is 11.1. The first-order valence-electron chi connectivity index (χ1n) is 6.43. The Kier molecular flexibility index (Phi) is 4.60. The fourth-order valence-corrected chi connectivity index (χ4v) is 2.61. The Morgan fingerprint density at radius 3 is 2.40 bits per heavy atom. The lowest BCUT2D eigenvalue weighted by Crippen LogP contribution is -2.56. The summed E-state index contributed by atoms with van der Waals surface area (Å²) < 4.78 is 0. The molecule has 2 atom stereocenters. The smallest absolute Gasteiger partial charge is 0.0251 e. The van der Waals surface area contributed by atoms with Gasteiger partial charge in [-0.1, -0.05) is 19.8 Å². The molecule has 0 bridgehead atoms. The van der Waals surface area contributed by atoms with Crippen LogP contribution >= 0.6 is 0 Å². The van der Waals surface area contributed by atoms with Gasteiger partial charge in [-0.05, 0) is 47.2 Å². The summed E-state index contributed by atoms with van der Waals surface area (Å²) in [5, 5.41) is 3.49. The van der Waals surface area contributed by atoms with E-state index in [2.05, 4.69) is 45.1 Å². The van der Waals surface area contributed by atoms with Gasteiger partial charge in [-0.2, -0.15) is 0 Å². The average molecular weight is 212 g/mol. The van der Waals surface area contributed by atoms with Crippen LogP contribution in [0.2, 0.25) is 0 Å². The quantitative estimate of drug-likeness (QED) is 0.770. The Bertz CT molecular complexity index is 189. The lowest BCUT2D eigenvalue weighted by Gasteiger charge is -2.46. The van der Waals surface area contributed by atoms with Crippen LogP contribution in [0.3, 0.4) is 0 Å². The largest absolute Gasteiger partial charge is 0.315 e. The molecule has 2 heteroatoms. The molecule has 0 heterocycles. The van der Waals surface area contributed by atoms with Crippen LogP contribution in [0, 0.1) is 0 Å². The van der Waals surface area contributed by atoms with E-state index in [1.54, 1.807) is 0 Å². The van der Waals surface area contributed by atoms with Crippen molar-refractivity contribution in [3.8, 4) is 0 Å². The van der Waals surface area contributed by atoms with Crippen LogP contribution in [0.1, 0.15) is 52.9 Å². The highest BCUT2D eigenvalue weighted by Gasteiger charge is 2.33. The molecular formula is C13H28N2. The maximum atomic E-state index is 3.49. The van der Waals surface area contributed by atoms with Crippen LogP contribution in [-0.4, -0.2) is 36.6 Å². The van der Waals surface area contributed by atoms with Crippen molar-refractivity contribution in [1.29, 1.82) is 0 Å². The van der Waals surface area contributed by atoms with Gasteiger partial charge in [0.15, 0.2) is 0 Å². The highest BCUT2D eigenvalue weighted by molar-refractivity contribution is 4.91. The molecule has 2 unspecified atom stereocenters. The van der Waals surface area contributed by atoms with Gasteiger partial charge in [-0.25, -0.2) is 0 Å². The number of nitrogens with zero attached hydrogens (tertiary/aromatic N) is 1. The first kappa shape index (κ1) is 13.0. The monoisotopic (exact) mass is 212 g/mol. The van der Waals surface area contributed by atoms with Crippen LogP contribution in [0.4, 0.5) is 0 Å². The molecule has 0 aromatic carbocycles. The van der Waals surface area contributed by atoms with Gasteiger partial charge in [0.2, 0.25) is 0 Å². The molecule has 0 aromatic heterocycles. The molecule has 90 valence electrons. The highest BCUT2D eigenvalue weighted by atomic mass is 15.2. The van der Waals surface area contributed by atoms with Crippen LogP contribution < -0.4 is 5.32 Å². The predicted molar refractivity (Wildman–Crippen MR) is 67.2 cm³/mol. The van der Waals surface area contributed by atoms with Gasteiger partial charge < -0.3 is 5.32 Å². The van der Waals surface area contributed by atoms with E-state index in [1.165, 1.54) is 32.1 Å². The molecule has 0 spiro atoms. The van der Waals surface area contributed by atoms with E-state index in [0.29, 0.717) is 11.6 Å². The molecule has 1 N–H and O–H groups in total. The summed E-state index contributed by atoms with van der Waals surface area (Å²) >= 11 is 0. The first-order valence-corrected chi connectivity index (χ1v) is 6.43. The van der Waals surface area contributed by atoms with Gasteiger partial charge in [0.05, 0.1) is 0 Å². The molecule has 0 radical (unpaired) electrons. The lowest BCUT2D eigenvalue weighted by atomic mass is 9.86. The summed E-state index contributed by atoms with van der Waals surface area (Å²) in [6.07, 6.45) is 6.70. The Morgan fingerprint density at radius 1 is 1.27 bits per heavy atom. The van der Waals surface area contributed by atoms with Crippen molar-refractivity contribution in [2.75, 3.05) is 14.1 Å². The second kappa shape index (κ2) is 5.31. The Labute approximate surface area is 95.4 Å². The molecule has 1 saturated carbocycles. The van der Waals surface area contributed by atoms with Crippen molar-refractivity contribution in [2.45, 2.75) is 70.5 Å². The topological polar surface area (TPSA) is 15.3 Å². The fourth-order valence-electron chi connectivity index (χ4n) is 2.61. The Hall–Kier alpha value is -0.0800. The molecule has 0 amide bonds. The summed E-state index contributed by atoms with van der Waals surface area (Å²) in [4.78, 5) is 2.59. The standard InChI is InChI=1S/C13H28N2/c1-6-13(2,3)15(5)12-10-8-7-9-11(12)14-4/h11-12,14H,6-10H2,1-5H3. The van der Waals surface area contributed by atoms with E-state index in [-0.39, 0.29) is 0 Å². The molecule has 1 aliphatic carbocycles. The number of hydrogen-bond acceptors (Lipinski definition) is 2. The molecule has 0 aliphatic heterocycles. The normalized spacial score (nSPS) is 28.4. The predicted octanol–water partition coefficient (Wildman–Crippen LogP) is 2.64. The number of rotatable bonds is 4. The van der Waals surface area contributed by atoms with Crippen molar-refractivity contribution in [1.82, 2.24) is 10.2 Å². The van der Waals surface area contributed by atoms with Crippen LogP contribution in [0.15, 0.2) is 0 Å². The molecule has 0 aromatic rings. The summed E-state index contributed by atoms with van der Waals surface area (Å²) in [5.41, 5.74) is 0.330. The minimum Gasteiger partial charge on any atom is -0.315 e. The van der Waals surface area contributed by atoms with Crippen molar-refractivity contribution < 1.29 is 0 Å². The Balaban J connectivity index is 2.67. The summed E-state index contributed by atoms with van der Waals surface area (Å²) in [5.74, 6) is 0. The van der Waals surface area contributed by atoms with Gasteiger partial charge in [-0.15, -0.1) is 0 Å². The summed E-state index contributed by atoms with van der Waals surface area (Å²) in [7, 11) is 4.40.